The Labute approximate surface area is 131 Å². The van der Waals surface area contributed by atoms with Gasteiger partial charge in [0.15, 0.2) is 0 Å². The van der Waals surface area contributed by atoms with Crippen LogP contribution in [0.2, 0.25) is 0 Å². The molecule has 0 fully saturated rings. The van der Waals surface area contributed by atoms with Gasteiger partial charge >= 0.3 is 0 Å². The molecule has 0 saturated carbocycles. The summed E-state index contributed by atoms with van der Waals surface area (Å²) >= 11 is 1.82. The molecule has 0 heterocycles. The van der Waals surface area contributed by atoms with E-state index in [0.717, 1.165) is 11.5 Å². The molecule has 21 heavy (non-hydrogen) atoms. The number of rotatable bonds is 9. The predicted molar refractivity (Wildman–Crippen MR) is 89.3 cm³/mol. The minimum absolute atomic E-state index is 0.0448. The molecule has 0 bridgehead atoms. The normalized spacial score (nSPS) is 11.4. The maximum absolute atomic E-state index is 13.8. The van der Waals surface area contributed by atoms with Crippen LogP contribution in [0.5, 0.6) is 0 Å². The third-order valence-electron chi connectivity index (χ3n) is 3.45. The number of amides is 1. The fourth-order valence-electron chi connectivity index (χ4n) is 2.03. The Morgan fingerprint density at radius 2 is 2.00 bits per heavy atom. The Hall–Kier alpha value is -1.03. The molecule has 1 N–H and O–H groups in total. The van der Waals surface area contributed by atoms with E-state index in [1.54, 1.807) is 12.1 Å². The molecule has 0 aliphatic rings. The molecule has 2 nitrogen and oxygen atoms in total. The summed E-state index contributed by atoms with van der Waals surface area (Å²) in [7, 11) is 0. The van der Waals surface area contributed by atoms with Crippen molar-refractivity contribution in [1.29, 1.82) is 0 Å². The Kier molecular flexibility index (Phi) is 7.79. The van der Waals surface area contributed by atoms with Gasteiger partial charge in [0.25, 0.3) is 0 Å². The minimum Gasteiger partial charge on any atom is -0.355 e. The van der Waals surface area contributed by atoms with Crippen LogP contribution < -0.4 is 5.32 Å². The molecule has 1 rings (SSSR count). The zero-order chi connectivity index (χ0) is 15.7. The van der Waals surface area contributed by atoms with Crippen molar-refractivity contribution in [3.05, 3.63) is 35.6 Å². The summed E-state index contributed by atoms with van der Waals surface area (Å²) in [6.07, 6.45) is 2.92. The van der Waals surface area contributed by atoms with Crippen molar-refractivity contribution in [2.45, 2.75) is 45.4 Å². The van der Waals surface area contributed by atoms with Crippen LogP contribution in [0.4, 0.5) is 4.39 Å². The lowest BCUT2D eigenvalue weighted by Crippen LogP contribution is -2.37. The van der Waals surface area contributed by atoms with Crippen LogP contribution in [0.3, 0.4) is 0 Å². The summed E-state index contributed by atoms with van der Waals surface area (Å²) in [6.45, 7) is 6.51. The number of benzene rings is 1. The van der Waals surface area contributed by atoms with Gasteiger partial charge in [-0.05, 0) is 23.8 Å². The van der Waals surface area contributed by atoms with Crippen molar-refractivity contribution < 1.29 is 9.18 Å². The molecule has 0 atom stereocenters. The van der Waals surface area contributed by atoms with Gasteiger partial charge in [-0.25, -0.2) is 4.39 Å². The average molecular weight is 311 g/mol. The molecule has 0 radical (unpaired) electrons. The number of unbranched alkanes of at least 4 members (excludes halogenated alkanes) is 1. The number of carbonyl (C=O) groups excluding carboxylic acids is 1. The van der Waals surface area contributed by atoms with Crippen LogP contribution in [-0.4, -0.2) is 24.0 Å². The highest BCUT2D eigenvalue weighted by molar-refractivity contribution is 7.99. The molecule has 0 aliphatic heterocycles. The topological polar surface area (TPSA) is 29.1 Å². The molecule has 1 amide bonds. The van der Waals surface area contributed by atoms with E-state index in [4.69, 9.17) is 0 Å². The van der Waals surface area contributed by atoms with E-state index in [9.17, 15) is 9.18 Å². The molecule has 0 spiro atoms. The molecular formula is C17H26FNOS. The first kappa shape index (κ1) is 18.0. The number of carbonyl (C=O) groups is 1. The van der Waals surface area contributed by atoms with E-state index < -0.39 is 5.41 Å². The summed E-state index contributed by atoms with van der Waals surface area (Å²) in [5.74, 6) is 1.80. The third kappa shape index (κ3) is 6.51. The van der Waals surface area contributed by atoms with Crippen LogP contribution in [0.15, 0.2) is 24.3 Å². The van der Waals surface area contributed by atoms with Crippen LogP contribution in [0, 0.1) is 5.82 Å². The van der Waals surface area contributed by atoms with Crippen molar-refractivity contribution in [1.82, 2.24) is 5.32 Å². The molecule has 0 aromatic heterocycles. The Morgan fingerprint density at radius 1 is 1.29 bits per heavy atom. The van der Waals surface area contributed by atoms with Crippen molar-refractivity contribution in [3.8, 4) is 0 Å². The van der Waals surface area contributed by atoms with E-state index >= 15 is 0 Å². The smallest absolute Gasteiger partial charge is 0.220 e. The maximum Gasteiger partial charge on any atom is 0.220 e. The van der Waals surface area contributed by atoms with Gasteiger partial charge in [-0.1, -0.05) is 45.4 Å². The monoisotopic (exact) mass is 311 g/mol. The van der Waals surface area contributed by atoms with Gasteiger partial charge in [0.2, 0.25) is 5.91 Å². The van der Waals surface area contributed by atoms with Crippen molar-refractivity contribution in [3.63, 3.8) is 0 Å². The van der Waals surface area contributed by atoms with Gasteiger partial charge < -0.3 is 5.32 Å². The average Bonchev–Trinajstić information content (AvgIpc) is 2.45. The van der Waals surface area contributed by atoms with E-state index in [1.165, 1.54) is 18.9 Å². The van der Waals surface area contributed by atoms with Crippen molar-refractivity contribution in [2.24, 2.45) is 0 Å². The lowest BCUT2D eigenvalue weighted by Gasteiger charge is -2.26. The van der Waals surface area contributed by atoms with Gasteiger partial charge in [-0.3, -0.25) is 4.79 Å². The lowest BCUT2D eigenvalue weighted by atomic mass is 9.84. The number of nitrogens with one attached hydrogen (secondary N) is 1. The summed E-state index contributed by atoms with van der Waals surface area (Å²) in [4.78, 5) is 11.8. The highest BCUT2D eigenvalue weighted by Gasteiger charge is 2.24. The zero-order valence-corrected chi connectivity index (χ0v) is 14.1. The number of hydrogen-bond donors (Lipinski definition) is 1. The maximum atomic E-state index is 13.8. The molecule has 0 unspecified atom stereocenters. The highest BCUT2D eigenvalue weighted by atomic mass is 32.2. The van der Waals surface area contributed by atoms with Crippen LogP contribution in [0.1, 0.15) is 45.6 Å². The first-order chi connectivity index (χ1) is 9.97. The van der Waals surface area contributed by atoms with E-state index in [2.05, 4.69) is 12.2 Å². The molecule has 1 aromatic rings. The molecule has 0 saturated heterocycles. The van der Waals surface area contributed by atoms with Crippen molar-refractivity contribution >= 4 is 17.7 Å². The molecule has 1 aromatic carbocycles. The fraction of sp³-hybridized carbons (Fsp3) is 0.588. The first-order valence-corrected chi connectivity index (χ1v) is 8.72. The van der Waals surface area contributed by atoms with E-state index in [-0.39, 0.29) is 11.7 Å². The SMILES string of the molecule is CCCCSCCC(=O)NCC(C)(C)c1ccccc1F. The molecule has 118 valence electrons. The fourth-order valence-corrected chi connectivity index (χ4v) is 3.05. The van der Waals surface area contributed by atoms with Crippen LogP contribution in [-0.2, 0) is 10.2 Å². The summed E-state index contributed by atoms with van der Waals surface area (Å²) in [5.41, 5.74) is 0.235. The van der Waals surface area contributed by atoms with E-state index in [0.29, 0.717) is 18.5 Å². The van der Waals surface area contributed by atoms with Crippen LogP contribution >= 0.6 is 11.8 Å². The Balaban J connectivity index is 2.36. The van der Waals surface area contributed by atoms with Gasteiger partial charge in [-0.15, -0.1) is 0 Å². The molecular weight excluding hydrogens is 285 g/mol. The van der Waals surface area contributed by atoms with Gasteiger partial charge in [0.1, 0.15) is 5.82 Å². The Bertz CT molecular complexity index is 448. The summed E-state index contributed by atoms with van der Waals surface area (Å²) < 4.78 is 13.8. The van der Waals surface area contributed by atoms with Gasteiger partial charge in [0, 0.05) is 24.1 Å². The Morgan fingerprint density at radius 3 is 2.67 bits per heavy atom. The summed E-state index contributed by atoms with van der Waals surface area (Å²) in [5, 5.41) is 2.92. The minimum atomic E-state index is -0.406. The second-order valence-corrected chi connectivity index (χ2v) is 7.08. The van der Waals surface area contributed by atoms with E-state index in [1.807, 2.05) is 31.7 Å². The van der Waals surface area contributed by atoms with Gasteiger partial charge in [-0.2, -0.15) is 11.8 Å². The predicted octanol–water partition coefficient (Wildman–Crippen LogP) is 4.14. The zero-order valence-electron chi connectivity index (χ0n) is 13.2. The summed E-state index contributed by atoms with van der Waals surface area (Å²) in [6, 6.07) is 6.75. The second kappa shape index (κ2) is 9.08. The lowest BCUT2D eigenvalue weighted by molar-refractivity contribution is -0.120. The number of halogens is 1. The highest BCUT2D eigenvalue weighted by Crippen LogP contribution is 2.24. The molecule has 4 heteroatoms. The first-order valence-electron chi connectivity index (χ1n) is 7.57. The van der Waals surface area contributed by atoms with Crippen LogP contribution in [0.25, 0.3) is 0 Å². The number of hydrogen-bond acceptors (Lipinski definition) is 2. The van der Waals surface area contributed by atoms with Gasteiger partial charge in [0.05, 0.1) is 0 Å². The quantitative estimate of drug-likeness (QED) is 0.694. The largest absolute Gasteiger partial charge is 0.355 e. The standard InChI is InChI=1S/C17H26FNOS/c1-4-5-11-21-12-10-16(20)19-13-17(2,3)14-8-6-7-9-15(14)18/h6-9H,4-5,10-13H2,1-3H3,(H,19,20). The third-order valence-corrected chi connectivity index (χ3v) is 4.52. The molecule has 0 aliphatic carbocycles. The second-order valence-electron chi connectivity index (χ2n) is 5.86. The van der Waals surface area contributed by atoms with Crippen molar-refractivity contribution in [2.75, 3.05) is 18.1 Å². The number of thioether (sulfide) groups is 1.